The van der Waals surface area contributed by atoms with Crippen LogP contribution < -0.4 is 10.2 Å². The number of aryl methyl sites for hydroxylation is 1. The molecule has 1 aromatic carbocycles. The molecule has 0 radical (unpaired) electrons. The molecule has 1 fully saturated rings. The molecule has 2 aromatic rings. The second-order valence-corrected chi connectivity index (χ2v) is 16.4. The lowest BCUT2D eigenvalue weighted by atomic mass is 10.1. The Bertz CT molecular complexity index is 889. The summed E-state index contributed by atoms with van der Waals surface area (Å²) in [6.07, 6.45) is 2.15. The van der Waals surface area contributed by atoms with Crippen LogP contribution in [0.2, 0.25) is 18.1 Å². The number of thiazole rings is 1. The summed E-state index contributed by atoms with van der Waals surface area (Å²) in [5, 5.41) is 5.92. The van der Waals surface area contributed by atoms with Crippen molar-refractivity contribution in [2.45, 2.75) is 58.7 Å². The fraction of sp³-hybridized carbons (Fsp3) is 0.545. The van der Waals surface area contributed by atoms with Gasteiger partial charge < -0.3 is 9.74 Å². The van der Waals surface area contributed by atoms with E-state index >= 15 is 0 Å². The Hall–Kier alpha value is -1.22. The first-order chi connectivity index (χ1) is 13.9. The molecule has 0 saturated heterocycles. The Morgan fingerprint density at radius 2 is 1.93 bits per heavy atom. The first-order valence-electron chi connectivity index (χ1n) is 10.3. The van der Waals surface area contributed by atoms with E-state index < -0.39 is 8.32 Å². The Morgan fingerprint density at radius 1 is 1.30 bits per heavy atom. The normalized spacial score (nSPS) is 15.7. The monoisotopic (exact) mass is 509 g/mol. The third kappa shape index (κ3) is 5.72. The topological polar surface area (TPSA) is 54.5 Å². The molecule has 1 aliphatic rings. The molecule has 0 bridgehead atoms. The summed E-state index contributed by atoms with van der Waals surface area (Å²) in [4.78, 5) is 19.6. The molecule has 1 heterocycles. The molecule has 2 amide bonds. The van der Waals surface area contributed by atoms with Crippen LogP contribution in [0, 0.1) is 12.3 Å². The molecule has 5 nitrogen and oxygen atoms in total. The number of amides is 2. The second kappa shape index (κ2) is 8.73. The van der Waals surface area contributed by atoms with Crippen LogP contribution in [0.25, 0.3) is 0 Å². The number of aromatic nitrogens is 1. The van der Waals surface area contributed by atoms with E-state index in [-0.39, 0.29) is 16.5 Å². The zero-order valence-corrected chi connectivity index (χ0v) is 22.1. The molecule has 0 atom stereocenters. The second-order valence-electron chi connectivity index (χ2n) is 9.84. The van der Waals surface area contributed by atoms with E-state index in [4.69, 9.17) is 4.43 Å². The van der Waals surface area contributed by atoms with E-state index in [1.807, 2.05) is 36.6 Å². The first-order valence-corrected chi connectivity index (χ1v) is 14.9. The van der Waals surface area contributed by atoms with Crippen LogP contribution in [0.3, 0.4) is 0 Å². The number of carbonyl (C=O) groups is 1. The number of benzene rings is 1. The summed E-state index contributed by atoms with van der Waals surface area (Å²) in [5.41, 5.74) is 1.72. The lowest BCUT2D eigenvalue weighted by Gasteiger charge is -2.38. The van der Waals surface area contributed by atoms with E-state index in [1.165, 1.54) is 11.3 Å². The molecule has 3 rings (SSSR count). The quantitative estimate of drug-likeness (QED) is 0.406. The molecule has 8 heteroatoms. The van der Waals surface area contributed by atoms with Gasteiger partial charge in [-0.1, -0.05) is 36.7 Å². The number of hydrogen-bond acceptors (Lipinski definition) is 4. The Labute approximate surface area is 193 Å². The third-order valence-electron chi connectivity index (χ3n) is 6.17. The summed E-state index contributed by atoms with van der Waals surface area (Å²) in [5.74, 6) is 0. The SMILES string of the molecule is Cc1csc(N(CC2(CO[Si](C)(C)C(C)(C)C)CC2)C(=O)Nc2ccc(Br)cc2)n1. The fourth-order valence-electron chi connectivity index (χ4n) is 2.83. The molecule has 0 aliphatic heterocycles. The highest BCUT2D eigenvalue weighted by Gasteiger charge is 2.48. The fourth-order valence-corrected chi connectivity index (χ4v) is 4.99. The van der Waals surface area contributed by atoms with Crippen molar-refractivity contribution < 1.29 is 9.22 Å². The van der Waals surface area contributed by atoms with Crippen LogP contribution in [-0.2, 0) is 4.43 Å². The van der Waals surface area contributed by atoms with Crippen LogP contribution in [-0.4, -0.2) is 32.5 Å². The van der Waals surface area contributed by atoms with Crippen LogP contribution >= 0.6 is 27.3 Å². The van der Waals surface area contributed by atoms with Crippen molar-refractivity contribution in [2.75, 3.05) is 23.4 Å². The summed E-state index contributed by atoms with van der Waals surface area (Å²) in [6, 6.07) is 7.47. The summed E-state index contributed by atoms with van der Waals surface area (Å²) in [7, 11) is -1.83. The molecule has 30 heavy (non-hydrogen) atoms. The van der Waals surface area contributed by atoms with Gasteiger partial charge in [0.15, 0.2) is 13.4 Å². The van der Waals surface area contributed by atoms with E-state index in [1.54, 1.807) is 4.90 Å². The lowest BCUT2D eigenvalue weighted by molar-refractivity contribution is 0.214. The molecular formula is C22H32BrN3O2SSi. The first kappa shape index (κ1) is 23.4. The third-order valence-corrected chi connectivity index (χ3v) is 12.2. The highest BCUT2D eigenvalue weighted by Crippen LogP contribution is 2.49. The van der Waals surface area contributed by atoms with Crippen molar-refractivity contribution in [3.8, 4) is 0 Å². The molecule has 1 saturated carbocycles. The van der Waals surface area contributed by atoms with Gasteiger partial charge in [-0.25, -0.2) is 9.78 Å². The number of halogens is 1. The van der Waals surface area contributed by atoms with Crippen molar-refractivity contribution >= 4 is 52.4 Å². The smallest absolute Gasteiger partial charge is 0.328 e. The van der Waals surface area contributed by atoms with Gasteiger partial charge >= 0.3 is 6.03 Å². The van der Waals surface area contributed by atoms with E-state index in [9.17, 15) is 4.79 Å². The highest BCUT2D eigenvalue weighted by atomic mass is 79.9. The standard InChI is InChI=1S/C22H32BrN3O2SSi/c1-16-13-29-20(24-16)26(19(27)25-18-9-7-17(23)8-10-18)14-22(11-12-22)15-28-30(5,6)21(2,3)4/h7-10,13H,11-12,14-15H2,1-6H3,(H,25,27). The Balaban J connectivity index is 1.74. The average Bonchev–Trinajstić information content (AvgIpc) is 3.30. The van der Waals surface area contributed by atoms with Crippen molar-refractivity contribution in [1.82, 2.24) is 4.98 Å². The van der Waals surface area contributed by atoms with Gasteiger partial charge in [0.2, 0.25) is 0 Å². The number of rotatable bonds is 7. The largest absolute Gasteiger partial charge is 0.416 e. The molecule has 0 unspecified atom stereocenters. The number of carbonyl (C=O) groups excluding carboxylic acids is 1. The summed E-state index contributed by atoms with van der Waals surface area (Å²) >= 11 is 4.94. The summed E-state index contributed by atoms with van der Waals surface area (Å²) < 4.78 is 7.51. The molecule has 1 aromatic heterocycles. The Morgan fingerprint density at radius 3 is 2.43 bits per heavy atom. The van der Waals surface area contributed by atoms with Gasteiger partial charge in [0.05, 0.1) is 5.69 Å². The van der Waals surface area contributed by atoms with Crippen molar-refractivity contribution in [2.24, 2.45) is 5.41 Å². The molecular weight excluding hydrogens is 478 g/mol. The van der Waals surface area contributed by atoms with Gasteiger partial charge in [0, 0.05) is 34.1 Å². The van der Waals surface area contributed by atoms with E-state index in [0.717, 1.165) is 33.8 Å². The maximum atomic E-state index is 13.2. The zero-order valence-electron chi connectivity index (χ0n) is 18.7. The number of urea groups is 1. The highest BCUT2D eigenvalue weighted by molar-refractivity contribution is 9.10. The van der Waals surface area contributed by atoms with E-state index in [0.29, 0.717) is 13.2 Å². The maximum absolute atomic E-state index is 13.2. The predicted molar refractivity (Wildman–Crippen MR) is 132 cm³/mol. The number of anilines is 2. The maximum Gasteiger partial charge on any atom is 0.328 e. The van der Waals surface area contributed by atoms with Crippen LogP contribution in [0.1, 0.15) is 39.3 Å². The molecule has 1 aliphatic carbocycles. The van der Waals surface area contributed by atoms with Gasteiger partial charge in [0.25, 0.3) is 0 Å². The minimum atomic E-state index is -1.83. The van der Waals surface area contributed by atoms with Gasteiger partial charge in [-0.2, -0.15) is 0 Å². The van der Waals surface area contributed by atoms with E-state index in [2.05, 4.69) is 60.1 Å². The predicted octanol–water partition coefficient (Wildman–Crippen LogP) is 7.05. The zero-order chi connectivity index (χ0) is 22.2. The number of nitrogens with one attached hydrogen (secondary N) is 1. The van der Waals surface area contributed by atoms with Crippen LogP contribution in [0.5, 0.6) is 0 Å². The average molecular weight is 511 g/mol. The van der Waals surface area contributed by atoms with Crippen molar-refractivity contribution in [3.63, 3.8) is 0 Å². The molecule has 0 spiro atoms. The van der Waals surface area contributed by atoms with Crippen LogP contribution in [0.4, 0.5) is 15.6 Å². The van der Waals surface area contributed by atoms with Crippen LogP contribution in [0.15, 0.2) is 34.1 Å². The summed E-state index contributed by atoms with van der Waals surface area (Å²) in [6.45, 7) is 14.6. The van der Waals surface area contributed by atoms with Gasteiger partial charge in [-0.3, -0.25) is 4.90 Å². The Kier molecular flexibility index (Phi) is 6.82. The lowest BCUT2D eigenvalue weighted by Crippen LogP contribution is -2.45. The minimum absolute atomic E-state index is 0.0200. The van der Waals surface area contributed by atoms with Crippen molar-refractivity contribution in [3.05, 3.63) is 39.8 Å². The van der Waals surface area contributed by atoms with Gasteiger partial charge in [0.1, 0.15) is 0 Å². The minimum Gasteiger partial charge on any atom is -0.416 e. The van der Waals surface area contributed by atoms with Crippen molar-refractivity contribution in [1.29, 1.82) is 0 Å². The van der Waals surface area contributed by atoms with Gasteiger partial charge in [-0.15, -0.1) is 11.3 Å². The number of nitrogens with zero attached hydrogens (tertiary/aromatic N) is 2. The molecule has 1 N–H and O–H groups in total. The number of hydrogen-bond donors (Lipinski definition) is 1. The van der Waals surface area contributed by atoms with Gasteiger partial charge in [-0.05, 0) is 62.2 Å². The molecule has 164 valence electrons.